The van der Waals surface area contributed by atoms with E-state index < -0.39 is 0 Å². The van der Waals surface area contributed by atoms with E-state index in [0.29, 0.717) is 17.9 Å². The predicted octanol–water partition coefficient (Wildman–Crippen LogP) is 3.34. The number of ether oxygens (including phenoxy) is 1. The first kappa shape index (κ1) is 24.1. The van der Waals surface area contributed by atoms with E-state index in [1.807, 2.05) is 6.20 Å². The number of fused-ring (bicyclic) bond motifs is 1. The zero-order valence-electron chi connectivity index (χ0n) is 21.5. The molecule has 3 aliphatic rings. The van der Waals surface area contributed by atoms with Crippen LogP contribution in [0.5, 0.6) is 0 Å². The van der Waals surface area contributed by atoms with Gasteiger partial charge in [-0.3, -0.25) is 4.90 Å². The van der Waals surface area contributed by atoms with Crippen LogP contribution in [0.3, 0.4) is 0 Å². The second-order valence-electron chi connectivity index (χ2n) is 10.3. The minimum Gasteiger partial charge on any atom is -0.379 e. The van der Waals surface area contributed by atoms with Gasteiger partial charge in [0.05, 0.1) is 13.2 Å². The second kappa shape index (κ2) is 11.0. The molecule has 0 radical (unpaired) electrons. The van der Waals surface area contributed by atoms with Crippen molar-refractivity contribution in [1.82, 2.24) is 29.6 Å². The lowest BCUT2D eigenvalue weighted by Gasteiger charge is -2.40. The van der Waals surface area contributed by atoms with Crippen molar-refractivity contribution >= 4 is 23.3 Å². The highest BCUT2D eigenvalue weighted by atomic mass is 16.5. The molecule has 2 saturated heterocycles. The Kier molecular flexibility index (Phi) is 7.18. The van der Waals surface area contributed by atoms with Gasteiger partial charge < -0.3 is 20.7 Å². The number of rotatable bonds is 5. The Morgan fingerprint density at radius 2 is 1.65 bits per heavy atom. The zero-order valence-corrected chi connectivity index (χ0v) is 21.5. The van der Waals surface area contributed by atoms with Gasteiger partial charge in [-0.05, 0) is 68.4 Å². The smallest absolute Gasteiger partial charge is 0.254 e. The number of aromatic nitrogens is 5. The Hall–Kier alpha value is -3.24. The molecule has 6 rings (SSSR count). The van der Waals surface area contributed by atoms with E-state index in [-0.39, 0.29) is 5.95 Å². The number of morpholine rings is 1. The van der Waals surface area contributed by atoms with Gasteiger partial charge in [0.2, 0.25) is 11.9 Å². The third-order valence-electron chi connectivity index (χ3n) is 7.89. The Morgan fingerprint density at radius 3 is 2.43 bits per heavy atom. The lowest BCUT2D eigenvalue weighted by atomic mass is 9.98. The van der Waals surface area contributed by atoms with Crippen molar-refractivity contribution in [3.05, 3.63) is 41.7 Å². The average molecular weight is 504 g/mol. The maximum Gasteiger partial charge on any atom is 0.254 e. The fourth-order valence-electron chi connectivity index (χ4n) is 5.76. The molecule has 0 spiro atoms. The van der Waals surface area contributed by atoms with Crippen molar-refractivity contribution < 1.29 is 4.74 Å². The molecule has 1 aromatic carbocycles. The minimum atomic E-state index is 0.271. The summed E-state index contributed by atoms with van der Waals surface area (Å²) in [5.41, 5.74) is 10.7. The molecular weight excluding hydrogens is 466 g/mol. The normalized spacial score (nSPS) is 19.7. The highest BCUT2D eigenvalue weighted by Gasteiger charge is 2.26. The average Bonchev–Trinajstić information content (AvgIpc) is 3.29. The number of piperidine rings is 1. The molecule has 0 bridgehead atoms. The number of benzene rings is 1. The maximum absolute atomic E-state index is 6.20. The molecule has 0 saturated carbocycles. The van der Waals surface area contributed by atoms with Gasteiger partial charge >= 0.3 is 0 Å². The van der Waals surface area contributed by atoms with Gasteiger partial charge in [0.1, 0.15) is 0 Å². The van der Waals surface area contributed by atoms with Crippen molar-refractivity contribution in [2.45, 2.75) is 57.4 Å². The van der Waals surface area contributed by atoms with Crippen LogP contribution >= 0.6 is 0 Å². The van der Waals surface area contributed by atoms with Crippen LogP contribution < -0.4 is 16.0 Å². The van der Waals surface area contributed by atoms with E-state index >= 15 is 0 Å². The summed E-state index contributed by atoms with van der Waals surface area (Å²) in [4.78, 5) is 18.8. The summed E-state index contributed by atoms with van der Waals surface area (Å²) < 4.78 is 7.03. The molecule has 10 heteroatoms. The summed E-state index contributed by atoms with van der Waals surface area (Å²) in [5.74, 6) is 1.19. The van der Waals surface area contributed by atoms with E-state index in [1.165, 1.54) is 48.0 Å². The van der Waals surface area contributed by atoms with Crippen LogP contribution in [0.4, 0.5) is 23.3 Å². The Bertz CT molecular complexity index is 1180. The molecular formula is C27H37N9O. The Balaban J connectivity index is 1.09. The molecule has 2 fully saturated rings. The molecule has 10 nitrogen and oxygen atoms in total. The van der Waals surface area contributed by atoms with Gasteiger partial charge in [-0.2, -0.15) is 9.67 Å². The van der Waals surface area contributed by atoms with Crippen LogP contribution in [-0.2, 0) is 17.6 Å². The molecule has 0 unspecified atom stereocenters. The van der Waals surface area contributed by atoms with Gasteiger partial charge in [-0.1, -0.05) is 12.8 Å². The van der Waals surface area contributed by atoms with Crippen molar-refractivity contribution in [1.29, 1.82) is 0 Å². The first-order valence-corrected chi connectivity index (χ1v) is 13.7. The largest absolute Gasteiger partial charge is 0.379 e. The van der Waals surface area contributed by atoms with E-state index in [0.717, 1.165) is 70.0 Å². The number of nitrogen functional groups attached to an aromatic ring is 1. The number of nitrogens with one attached hydrogen (secondary N) is 1. The monoisotopic (exact) mass is 503 g/mol. The lowest BCUT2D eigenvalue weighted by Crippen LogP contribution is -2.49. The van der Waals surface area contributed by atoms with Crippen LogP contribution in [0, 0.1) is 0 Å². The fraction of sp³-hybridized carbons (Fsp3) is 0.556. The third-order valence-corrected chi connectivity index (χ3v) is 7.89. The molecule has 3 aromatic rings. The van der Waals surface area contributed by atoms with Crippen LogP contribution in [0.2, 0.25) is 0 Å². The van der Waals surface area contributed by atoms with Crippen LogP contribution in [0.15, 0.2) is 30.5 Å². The van der Waals surface area contributed by atoms with E-state index in [4.69, 9.17) is 15.5 Å². The van der Waals surface area contributed by atoms with Crippen molar-refractivity contribution in [3.8, 4) is 5.95 Å². The summed E-state index contributed by atoms with van der Waals surface area (Å²) >= 11 is 0. The standard InChI is InChI=1S/C27H37N9O/c28-25-32-26(33-36(25)27-29-19-20-5-3-1-2-4-6-24(20)31-27)30-21-7-9-22(10-8-21)34-13-11-23(12-14-34)35-15-17-37-18-16-35/h7-10,19,23H,1-6,11-18H2,(H3,28,30,32,33). The number of hydrogen-bond donors (Lipinski definition) is 2. The third kappa shape index (κ3) is 5.55. The molecule has 4 heterocycles. The van der Waals surface area contributed by atoms with Gasteiger partial charge in [-0.25, -0.2) is 9.97 Å². The summed E-state index contributed by atoms with van der Waals surface area (Å²) in [6.07, 6.45) is 11.2. The minimum absolute atomic E-state index is 0.271. The number of aryl methyl sites for hydroxylation is 2. The Labute approximate surface area is 218 Å². The predicted molar refractivity (Wildman–Crippen MR) is 145 cm³/mol. The van der Waals surface area contributed by atoms with Gasteiger partial charge in [-0.15, -0.1) is 5.10 Å². The molecule has 0 atom stereocenters. The quantitative estimate of drug-likeness (QED) is 0.542. The topological polar surface area (TPSA) is 110 Å². The lowest BCUT2D eigenvalue weighted by molar-refractivity contribution is 0.0115. The maximum atomic E-state index is 6.20. The molecule has 37 heavy (non-hydrogen) atoms. The van der Waals surface area contributed by atoms with Gasteiger partial charge in [0.25, 0.3) is 5.95 Å². The molecule has 196 valence electrons. The van der Waals surface area contributed by atoms with E-state index in [1.54, 1.807) is 0 Å². The molecule has 1 aliphatic carbocycles. The van der Waals surface area contributed by atoms with Crippen LogP contribution in [-0.4, -0.2) is 75.1 Å². The van der Waals surface area contributed by atoms with Crippen molar-refractivity contribution in [3.63, 3.8) is 0 Å². The molecule has 2 aliphatic heterocycles. The summed E-state index contributed by atoms with van der Waals surface area (Å²) in [6, 6.07) is 9.15. The van der Waals surface area contributed by atoms with Crippen LogP contribution in [0.1, 0.15) is 49.8 Å². The number of nitrogens with two attached hydrogens (primary N) is 1. The van der Waals surface area contributed by atoms with Crippen molar-refractivity contribution in [2.75, 3.05) is 55.3 Å². The number of hydrogen-bond acceptors (Lipinski definition) is 9. The molecule has 3 N–H and O–H groups in total. The summed E-state index contributed by atoms with van der Waals surface area (Å²) in [5, 5.41) is 7.83. The Morgan fingerprint density at radius 1 is 0.892 bits per heavy atom. The second-order valence-corrected chi connectivity index (χ2v) is 10.3. The van der Waals surface area contributed by atoms with Gasteiger partial charge in [0, 0.05) is 55.5 Å². The van der Waals surface area contributed by atoms with Gasteiger partial charge in [0.15, 0.2) is 0 Å². The number of nitrogens with zero attached hydrogens (tertiary/aromatic N) is 7. The van der Waals surface area contributed by atoms with Crippen LogP contribution in [0.25, 0.3) is 5.95 Å². The first-order chi connectivity index (χ1) is 18.2. The van der Waals surface area contributed by atoms with Crippen molar-refractivity contribution in [2.24, 2.45) is 0 Å². The zero-order chi connectivity index (χ0) is 25.0. The summed E-state index contributed by atoms with van der Waals surface area (Å²) in [7, 11) is 0. The SMILES string of the molecule is Nc1nc(Nc2ccc(N3CCC(N4CCOCC4)CC3)cc2)nn1-c1ncc2c(n1)CCCCCC2. The summed E-state index contributed by atoms with van der Waals surface area (Å²) in [6.45, 7) is 6.04. The highest BCUT2D eigenvalue weighted by molar-refractivity contribution is 5.60. The molecule has 2 aromatic heterocycles. The van der Waals surface area contributed by atoms with E-state index in [2.05, 4.69) is 54.4 Å². The highest BCUT2D eigenvalue weighted by Crippen LogP contribution is 2.26. The van der Waals surface area contributed by atoms with E-state index in [9.17, 15) is 0 Å². The fourth-order valence-corrected chi connectivity index (χ4v) is 5.76. The number of anilines is 4. The molecule has 0 amide bonds. The first-order valence-electron chi connectivity index (χ1n) is 13.7.